The van der Waals surface area contributed by atoms with Gasteiger partial charge in [-0.05, 0) is 37.6 Å². The fraction of sp³-hybridized carbons (Fsp3) is 0.385. The van der Waals surface area contributed by atoms with Crippen LogP contribution in [0.2, 0.25) is 0 Å². The van der Waals surface area contributed by atoms with Crippen molar-refractivity contribution in [2.24, 2.45) is 7.05 Å². The SMILES string of the molecule is Cn1nc(C2CCCN2)cc1-c1ccccn1. The number of hydrogen-bond donors (Lipinski definition) is 1. The van der Waals surface area contributed by atoms with Crippen molar-refractivity contribution in [2.75, 3.05) is 6.54 Å². The molecule has 0 radical (unpaired) electrons. The minimum atomic E-state index is 0.415. The van der Waals surface area contributed by atoms with E-state index in [4.69, 9.17) is 0 Å². The molecule has 0 spiro atoms. The standard InChI is InChI=1S/C13H16N4/c1-17-13(11-5-2-3-7-15-11)9-12(16-17)10-6-4-8-14-10/h2-3,5,7,9-10,14H,4,6,8H2,1H3. The van der Waals surface area contributed by atoms with E-state index in [-0.39, 0.29) is 0 Å². The van der Waals surface area contributed by atoms with E-state index in [9.17, 15) is 0 Å². The molecule has 0 saturated carbocycles. The molecule has 2 aromatic heterocycles. The van der Waals surface area contributed by atoms with Gasteiger partial charge in [0.1, 0.15) is 0 Å². The van der Waals surface area contributed by atoms with Crippen molar-refractivity contribution >= 4 is 0 Å². The van der Waals surface area contributed by atoms with Crippen molar-refractivity contribution in [1.29, 1.82) is 0 Å². The molecule has 1 atom stereocenters. The molecule has 1 saturated heterocycles. The summed E-state index contributed by atoms with van der Waals surface area (Å²) < 4.78 is 1.91. The molecule has 0 amide bonds. The van der Waals surface area contributed by atoms with Gasteiger partial charge in [0.15, 0.2) is 0 Å². The molecule has 17 heavy (non-hydrogen) atoms. The molecule has 4 heteroatoms. The van der Waals surface area contributed by atoms with E-state index < -0.39 is 0 Å². The van der Waals surface area contributed by atoms with Crippen LogP contribution in [0.3, 0.4) is 0 Å². The van der Waals surface area contributed by atoms with E-state index in [1.54, 1.807) is 0 Å². The van der Waals surface area contributed by atoms with Gasteiger partial charge >= 0.3 is 0 Å². The zero-order valence-electron chi connectivity index (χ0n) is 9.93. The van der Waals surface area contributed by atoms with E-state index >= 15 is 0 Å². The molecule has 1 unspecified atom stereocenters. The van der Waals surface area contributed by atoms with Crippen LogP contribution in [0.1, 0.15) is 24.6 Å². The second-order valence-corrected chi connectivity index (χ2v) is 4.44. The highest BCUT2D eigenvalue weighted by molar-refractivity contribution is 5.54. The molecule has 2 aromatic rings. The lowest BCUT2D eigenvalue weighted by atomic mass is 10.1. The zero-order chi connectivity index (χ0) is 11.7. The number of aryl methyl sites for hydroxylation is 1. The molecular weight excluding hydrogens is 212 g/mol. The molecule has 1 aliphatic heterocycles. The first kappa shape index (κ1) is 10.5. The molecule has 0 aromatic carbocycles. The second kappa shape index (κ2) is 4.30. The van der Waals surface area contributed by atoms with Crippen molar-refractivity contribution in [3.05, 3.63) is 36.2 Å². The molecule has 0 bridgehead atoms. The molecule has 1 aliphatic rings. The molecule has 3 rings (SSSR count). The van der Waals surface area contributed by atoms with Crippen molar-refractivity contribution in [1.82, 2.24) is 20.1 Å². The Morgan fingerprint density at radius 2 is 2.35 bits per heavy atom. The summed E-state index contributed by atoms with van der Waals surface area (Å²) in [7, 11) is 1.97. The van der Waals surface area contributed by atoms with Crippen LogP contribution in [-0.4, -0.2) is 21.3 Å². The van der Waals surface area contributed by atoms with Gasteiger partial charge in [-0.25, -0.2) is 0 Å². The van der Waals surface area contributed by atoms with Crippen LogP contribution >= 0.6 is 0 Å². The number of nitrogens with zero attached hydrogens (tertiary/aromatic N) is 3. The lowest BCUT2D eigenvalue weighted by Crippen LogP contribution is -2.13. The predicted molar refractivity (Wildman–Crippen MR) is 66.4 cm³/mol. The minimum absolute atomic E-state index is 0.415. The Kier molecular flexibility index (Phi) is 2.65. The van der Waals surface area contributed by atoms with Crippen LogP contribution in [0.4, 0.5) is 0 Å². The largest absolute Gasteiger partial charge is 0.309 e. The van der Waals surface area contributed by atoms with Crippen LogP contribution in [0, 0.1) is 0 Å². The quantitative estimate of drug-likeness (QED) is 0.853. The average Bonchev–Trinajstić information content (AvgIpc) is 2.99. The van der Waals surface area contributed by atoms with Crippen molar-refractivity contribution in [2.45, 2.75) is 18.9 Å². The highest BCUT2D eigenvalue weighted by Gasteiger charge is 2.20. The third-order valence-corrected chi connectivity index (χ3v) is 3.24. The van der Waals surface area contributed by atoms with Crippen LogP contribution in [0.25, 0.3) is 11.4 Å². The summed E-state index contributed by atoms with van der Waals surface area (Å²) in [6.07, 6.45) is 4.23. The topological polar surface area (TPSA) is 42.7 Å². The lowest BCUT2D eigenvalue weighted by molar-refractivity contribution is 0.607. The maximum atomic E-state index is 4.58. The molecule has 4 nitrogen and oxygen atoms in total. The fourth-order valence-electron chi connectivity index (χ4n) is 2.35. The van der Waals surface area contributed by atoms with Gasteiger partial charge in [-0.2, -0.15) is 5.10 Å². The van der Waals surface area contributed by atoms with E-state index in [2.05, 4.69) is 21.5 Å². The molecule has 0 aliphatic carbocycles. The van der Waals surface area contributed by atoms with Gasteiger partial charge in [-0.15, -0.1) is 0 Å². The van der Waals surface area contributed by atoms with Gasteiger partial charge < -0.3 is 5.32 Å². The molecular formula is C13H16N4. The van der Waals surface area contributed by atoms with Crippen molar-refractivity contribution in [3.63, 3.8) is 0 Å². The number of aromatic nitrogens is 3. The third-order valence-electron chi connectivity index (χ3n) is 3.24. The summed E-state index contributed by atoms with van der Waals surface area (Å²) in [4.78, 5) is 4.37. The summed E-state index contributed by atoms with van der Waals surface area (Å²) in [6.45, 7) is 1.10. The zero-order valence-corrected chi connectivity index (χ0v) is 9.93. The van der Waals surface area contributed by atoms with Crippen LogP contribution in [0.5, 0.6) is 0 Å². The van der Waals surface area contributed by atoms with Crippen LogP contribution < -0.4 is 5.32 Å². The van der Waals surface area contributed by atoms with E-state index in [0.29, 0.717) is 6.04 Å². The summed E-state index contributed by atoms with van der Waals surface area (Å²) in [5.41, 5.74) is 3.19. The fourth-order valence-corrected chi connectivity index (χ4v) is 2.35. The van der Waals surface area contributed by atoms with Gasteiger partial charge in [-0.1, -0.05) is 6.07 Å². The first-order valence-corrected chi connectivity index (χ1v) is 6.03. The Bertz CT molecular complexity index is 497. The number of nitrogens with one attached hydrogen (secondary N) is 1. The van der Waals surface area contributed by atoms with E-state index in [0.717, 1.165) is 23.6 Å². The first-order chi connectivity index (χ1) is 8.34. The highest BCUT2D eigenvalue weighted by atomic mass is 15.3. The summed E-state index contributed by atoms with van der Waals surface area (Å²) >= 11 is 0. The number of pyridine rings is 1. The normalized spacial score (nSPS) is 19.7. The second-order valence-electron chi connectivity index (χ2n) is 4.44. The van der Waals surface area contributed by atoms with Crippen LogP contribution in [-0.2, 0) is 7.05 Å². The van der Waals surface area contributed by atoms with Gasteiger partial charge in [0, 0.05) is 13.2 Å². The lowest BCUT2D eigenvalue weighted by Gasteiger charge is -2.04. The molecule has 1 N–H and O–H groups in total. The average molecular weight is 228 g/mol. The van der Waals surface area contributed by atoms with Gasteiger partial charge in [0.05, 0.1) is 23.1 Å². The predicted octanol–water partition coefficient (Wildman–Crippen LogP) is 1.91. The Labute approximate surface area is 101 Å². The molecule has 1 fully saturated rings. The summed E-state index contributed by atoms with van der Waals surface area (Å²) in [5.74, 6) is 0. The van der Waals surface area contributed by atoms with E-state index in [1.165, 1.54) is 12.8 Å². The minimum Gasteiger partial charge on any atom is -0.309 e. The Balaban J connectivity index is 1.96. The summed E-state index contributed by atoms with van der Waals surface area (Å²) in [5, 5.41) is 8.05. The van der Waals surface area contributed by atoms with Gasteiger partial charge in [0.2, 0.25) is 0 Å². The monoisotopic (exact) mass is 228 g/mol. The highest BCUT2D eigenvalue weighted by Crippen LogP contribution is 2.25. The molecule has 3 heterocycles. The maximum Gasteiger partial charge on any atom is 0.0882 e. The van der Waals surface area contributed by atoms with E-state index in [1.807, 2.05) is 36.1 Å². The third kappa shape index (κ3) is 1.96. The first-order valence-electron chi connectivity index (χ1n) is 6.03. The maximum absolute atomic E-state index is 4.58. The number of rotatable bonds is 2. The Hall–Kier alpha value is -1.68. The summed E-state index contributed by atoms with van der Waals surface area (Å²) in [6, 6.07) is 8.51. The Morgan fingerprint density at radius 3 is 3.06 bits per heavy atom. The van der Waals surface area contributed by atoms with Gasteiger partial charge in [0.25, 0.3) is 0 Å². The number of hydrogen-bond acceptors (Lipinski definition) is 3. The van der Waals surface area contributed by atoms with Gasteiger partial charge in [-0.3, -0.25) is 9.67 Å². The Morgan fingerprint density at radius 1 is 1.41 bits per heavy atom. The van der Waals surface area contributed by atoms with Crippen molar-refractivity contribution in [3.8, 4) is 11.4 Å². The van der Waals surface area contributed by atoms with Crippen LogP contribution in [0.15, 0.2) is 30.5 Å². The van der Waals surface area contributed by atoms with Crippen molar-refractivity contribution < 1.29 is 0 Å². The molecule has 88 valence electrons. The smallest absolute Gasteiger partial charge is 0.0882 e.